The summed E-state index contributed by atoms with van der Waals surface area (Å²) in [6.07, 6.45) is 0.925. The molecule has 2 saturated heterocycles. The highest BCUT2D eigenvalue weighted by atomic mass is 35.5. The lowest BCUT2D eigenvalue weighted by Crippen LogP contribution is -2.60. The molecule has 0 aromatic rings. The van der Waals surface area contributed by atoms with E-state index in [0.29, 0.717) is 19.4 Å². The smallest absolute Gasteiger partial charge is 0.368 e. The van der Waals surface area contributed by atoms with Gasteiger partial charge in [-0.15, -0.1) is 0 Å². The maximum atomic E-state index is 13.5. The highest BCUT2D eigenvalue weighted by Crippen LogP contribution is 2.65. The Morgan fingerprint density at radius 1 is 1.28 bits per heavy atom. The van der Waals surface area contributed by atoms with Crippen LogP contribution >= 0.6 is 11.6 Å². The van der Waals surface area contributed by atoms with Crippen molar-refractivity contribution >= 4 is 41.1 Å². The average Bonchev–Trinajstić information content (AvgIpc) is 3.14. The van der Waals surface area contributed by atoms with Crippen LogP contribution < -0.4 is 21.7 Å². The van der Waals surface area contributed by atoms with Crippen molar-refractivity contribution in [3.8, 4) is 0 Å². The molecule has 0 unspecified atom stereocenters. The normalized spacial score (nSPS) is 29.0. The molecule has 7 atom stereocenters. The molecule has 3 fully saturated rings. The number of piperidine rings is 1. The number of hydrogen-bond donors (Lipinski definition) is 4. The Bertz CT molecular complexity index is 942. The first-order valence-electron chi connectivity index (χ1n) is 12.2. The van der Waals surface area contributed by atoms with Crippen molar-refractivity contribution in [2.75, 3.05) is 13.1 Å². The van der Waals surface area contributed by atoms with Gasteiger partial charge in [-0.3, -0.25) is 24.0 Å². The quantitative estimate of drug-likeness (QED) is 0.298. The van der Waals surface area contributed by atoms with E-state index in [9.17, 15) is 32.8 Å². The minimum Gasteiger partial charge on any atom is -0.368 e. The second-order valence-electron chi connectivity index (χ2n) is 10.7. The number of likely N-dealkylation sites (tertiary alicyclic amines) is 1. The molecule has 0 bridgehead atoms. The molecule has 36 heavy (non-hydrogen) atoms. The van der Waals surface area contributed by atoms with Gasteiger partial charge in [0.25, 0.3) is 0 Å². The third-order valence-electron chi connectivity index (χ3n) is 8.13. The standard InChI is InChI=1S/C23H34ClF2N5O5/c1-5-10(2)15(30-21(36)23(24,25)26)20(35)31-9-12-14(22(12,3)4)16(31)19(34)29-13(17(27)32)8-11-6-7-28-18(11)33/h10-16H,5-9H2,1-4H3,(H2,27,32)(H,28,33)(H,29,34)(H,30,36)/t10-,11-,12-,13-,14-,15-,16-/m0/s1. The topological polar surface area (TPSA) is 151 Å². The van der Waals surface area contributed by atoms with Crippen LogP contribution in [0.3, 0.4) is 0 Å². The monoisotopic (exact) mass is 533 g/mol. The largest absolute Gasteiger partial charge is 0.399 e. The highest BCUT2D eigenvalue weighted by molar-refractivity contribution is 6.32. The molecule has 0 aromatic carbocycles. The van der Waals surface area contributed by atoms with Crippen LogP contribution in [0.1, 0.15) is 47.0 Å². The number of halogens is 3. The molecule has 1 aliphatic carbocycles. The van der Waals surface area contributed by atoms with Crippen LogP contribution in [0.15, 0.2) is 0 Å². The number of rotatable bonds is 10. The second kappa shape index (κ2) is 10.1. The zero-order chi connectivity index (χ0) is 27.2. The summed E-state index contributed by atoms with van der Waals surface area (Å²) in [5, 5.41) is 3.14. The van der Waals surface area contributed by atoms with E-state index in [0.717, 1.165) is 0 Å². The molecule has 5 N–H and O–H groups in total. The van der Waals surface area contributed by atoms with Gasteiger partial charge in [0.05, 0.1) is 0 Å². The van der Waals surface area contributed by atoms with Crippen molar-refractivity contribution in [1.82, 2.24) is 20.9 Å². The fraction of sp³-hybridized carbons (Fsp3) is 0.783. The first-order valence-corrected chi connectivity index (χ1v) is 12.5. The minimum absolute atomic E-state index is 0.0207. The molecular weight excluding hydrogens is 500 g/mol. The van der Waals surface area contributed by atoms with Gasteiger partial charge in [-0.05, 0) is 47.6 Å². The molecule has 1 saturated carbocycles. The summed E-state index contributed by atoms with van der Waals surface area (Å²) in [5.41, 5.74) is 5.25. The lowest BCUT2D eigenvalue weighted by atomic mass is 9.94. The number of carbonyl (C=O) groups is 5. The molecule has 13 heteroatoms. The number of nitrogens with two attached hydrogens (primary N) is 1. The minimum atomic E-state index is -4.20. The highest BCUT2D eigenvalue weighted by Gasteiger charge is 2.69. The molecule has 10 nitrogen and oxygen atoms in total. The molecule has 3 rings (SSSR count). The molecule has 0 radical (unpaired) electrons. The summed E-state index contributed by atoms with van der Waals surface area (Å²) < 4.78 is 26.7. The number of fused-ring (bicyclic) bond motifs is 1. The Hall–Kier alpha value is -2.50. The fourth-order valence-corrected chi connectivity index (χ4v) is 5.61. The van der Waals surface area contributed by atoms with E-state index in [1.165, 1.54) is 4.90 Å². The van der Waals surface area contributed by atoms with E-state index in [-0.39, 0.29) is 36.1 Å². The molecule has 2 heterocycles. The third-order valence-corrected chi connectivity index (χ3v) is 8.30. The van der Waals surface area contributed by atoms with E-state index < -0.39 is 59.0 Å². The maximum Gasteiger partial charge on any atom is 0.399 e. The first-order chi connectivity index (χ1) is 16.6. The summed E-state index contributed by atoms with van der Waals surface area (Å²) in [6.45, 7) is 7.95. The van der Waals surface area contributed by atoms with Crippen LogP contribution in [0.4, 0.5) is 8.78 Å². The Morgan fingerprint density at radius 3 is 2.42 bits per heavy atom. The van der Waals surface area contributed by atoms with Crippen molar-refractivity contribution in [2.45, 2.75) is 70.5 Å². The average molecular weight is 534 g/mol. The Labute approximate surface area is 213 Å². The van der Waals surface area contributed by atoms with E-state index in [1.54, 1.807) is 13.8 Å². The van der Waals surface area contributed by atoms with Crippen LogP contribution in [0.2, 0.25) is 0 Å². The number of hydrogen-bond acceptors (Lipinski definition) is 5. The molecule has 5 amide bonds. The number of alkyl halides is 3. The molecule has 2 aliphatic heterocycles. The molecular formula is C23H34ClF2N5O5. The lowest BCUT2D eigenvalue weighted by molar-refractivity contribution is -0.147. The van der Waals surface area contributed by atoms with E-state index in [1.807, 2.05) is 19.2 Å². The third kappa shape index (κ3) is 5.42. The van der Waals surface area contributed by atoms with Crippen molar-refractivity contribution in [1.29, 1.82) is 0 Å². The fourth-order valence-electron chi connectivity index (χ4n) is 5.56. The Kier molecular flexibility index (Phi) is 7.88. The zero-order valence-electron chi connectivity index (χ0n) is 20.8. The van der Waals surface area contributed by atoms with Gasteiger partial charge in [0.15, 0.2) is 0 Å². The summed E-state index contributed by atoms with van der Waals surface area (Å²) in [5.74, 6) is -5.35. The van der Waals surface area contributed by atoms with Gasteiger partial charge in [-0.25, -0.2) is 0 Å². The first kappa shape index (κ1) is 28.1. The second-order valence-corrected chi connectivity index (χ2v) is 11.2. The molecule has 0 spiro atoms. The van der Waals surface area contributed by atoms with Crippen LogP contribution in [0, 0.1) is 29.1 Å². The number of primary amides is 1. The summed E-state index contributed by atoms with van der Waals surface area (Å²) in [4.78, 5) is 64.2. The number of carbonyl (C=O) groups excluding carboxylic acids is 5. The van der Waals surface area contributed by atoms with E-state index in [2.05, 4.69) is 10.6 Å². The predicted molar refractivity (Wildman–Crippen MR) is 125 cm³/mol. The van der Waals surface area contributed by atoms with Gasteiger partial charge in [-0.2, -0.15) is 8.78 Å². The maximum absolute atomic E-state index is 13.5. The lowest BCUT2D eigenvalue weighted by Gasteiger charge is -2.35. The predicted octanol–water partition coefficient (Wildman–Crippen LogP) is 0.328. The number of nitrogens with zero attached hydrogens (tertiary/aromatic N) is 1. The number of amides is 5. The van der Waals surface area contributed by atoms with Crippen molar-refractivity contribution in [3.63, 3.8) is 0 Å². The van der Waals surface area contributed by atoms with Gasteiger partial charge in [-0.1, -0.05) is 34.1 Å². The van der Waals surface area contributed by atoms with Gasteiger partial charge >= 0.3 is 11.3 Å². The zero-order valence-corrected chi connectivity index (χ0v) is 21.5. The van der Waals surface area contributed by atoms with E-state index in [4.69, 9.17) is 17.3 Å². The summed E-state index contributed by atoms with van der Waals surface area (Å²) in [6, 6.07) is -3.43. The molecule has 3 aliphatic rings. The van der Waals surface area contributed by atoms with Gasteiger partial charge in [0.1, 0.15) is 18.1 Å². The van der Waals surface area contributed by atoms with Crippen molar-refractivity contribution in [2.24, 2.45) is 34.8 Å². The Balaban J connectivity index is 1.82. The molecule has 202 valence electrons. The summed E-state index contributed by atoms with van der Waals surface area (Å²) >= 11 is 4.85. The van der Waals surface area contributed by atoms with Crippen LogP contribution in [0.5, 0.6) is 0 Å². The van der Waals surface area contributed by atoms with E-state index >= 15 is 0 Å². The van der Waals surface area contributed by atoms with Crippen molar-refractivity contribution < 1.29 is 32.8 Å². The molecule has 0 aromatic heterocycles. The Morgan fingerprint density at radius 2 is 1.92 bits per heavy atom. The number of nitrogens with one attached hydrogen (secondary N) is 3. The van der Waals surface area contributed by atoms with Crippen LogP contribution in [0.25, 0.3) is 0 Å². The van der Waals surface area contributed by atoms with Gasteiger partial charge in [0.2, 0.25) is 23.6 Å². The van der Waals surface area contributed by atoms with Gasteiger partial charge in [0, 0.05) is 19.0 Å². The van der Waals surface area contributed by atoms with Gasteiger partial charge < -0.3 is 26.6 Å². The summed E-state index contributed by atoms with van der Waals surface area (Å²) in [7, 11) is 0. The SMILES string of the molecule is CC[C@H](C)[C@H](NC(=O)C(F)(F)Cl)C(=O)N1C[C@H]2[C@@H]([C@H]1C(=O)N[C@@H](C[C@@H]1CCNC1=O)C(N)=O)C2(C)C. The van der Waals surface area contributed by atoms with Crippen molar-refractivity contribution in [3.05, 3.63) is 0 Å². The van der Waals surface area contributed by atoms with Crippen LogP contribution in [-0.4, -0.2) is 71.0 Å². The van der Waals surface area contributed by atoms with Crippen LogP contribution in [-0.2, 0) is 24.0 Å².